The first-order chi connectivity index (χ1) is 13.1. The molecular formula is C20H24N6O. The van der Waals surface area contributed by atoms with E-state index in [1.807, 2.05) is 28.8 Å². The number of fused-ring (bicyclic) bond motifs is 1. The van der Waals surface area contributed by atoms with Gasteiger partial charge in [-0.2, -0.15) is 0 Å². The van der Waals surface area contributed by atoms with E-state index in [9.17, 15) is 4.79 Å². The van der Waals surface area contributed by atoms with Crippen LogP contribution in [0.25, 0.3) is 5.65 Å². The van der Waals surface area contributed by atoms with Gasteiger partial charge in [-0.25, -0.2) is 0 Å². The fourth-order valence-electron chi connectivity index (χ4n) is 3.58. The molecular weight excluding hydrogens is 340 g/mol. The molecule has 1 N–H and O–H groups in total. The molecule has 1 fully saturated rings. The van der Waals surface area contributed by atoms with Crippen molar-refractivity contribution >= 4 is 11.6 Å². The van der Waals surface area contributed by atoms with Gasteiger partial charge in [-0.3, -0.25) is 14.2 Å². The van der Waals surface area contributed by atoms with Crippen LogP contribution in [0.3, 0.4) is 0 Å². The lowest BCUT2D eigenvalue weighted by Gasteiger charge is -2.19. The molecule has 7 heteroatoms. The van der Waals surface area contributed by atoms with Crippen molar-refractivity contribution in [3.05, 3.63) is 59.8 Å². The number of carbonyl (C=O) groups is 1. The van der Waals surface area contributed by atoms with E-state index in [0.29, 0.717) is 24.1 Å². The van der Waals surface area contributed by atoms with Crippen molar-refractivity contribution < 1.29 is 4.79 Å². The quantitative estimate of drug-likeness (QED) is 0.752. The van der Waals surface area contributed by atoms with Crippen LogP contribution in [-0.4, -0.2) is 49.5 Å². The van der Waals surface area contributed by atoms with Gasteiger partial charge in [0.25, 0.3) is 5.91 Å². The smallest absolute Gasteiger partial charge is 0.253 e. The summed E-state index contributed by atoms with van der Waals surface area (Å²) in [4.78, 5) is 19.1. The van der Waals surface area contributed by atoms with Crippen molar-refractivity contribution in [1.82, 2.24) is 29.8 Å². The zero-order valence-corrected chi connectivity index (χ0v) is 15.7. The summed E-state index contributed by atoms with van der Waals surface area (Å²) in [5, 5.41) is 11.6. The zero-order valence-electron chi connectivity index (χ0n) is 15.7. The van der Waals surface area contributed by atoms with Gasteiger partial charge in [-0.15, -0.1) is 10.2 Å². The second kappa shape index (κ2) is 7.44. The highest BCUT2D eigenvalue weighted by Gasteiger charge is 2.29. The first-order valence-electron chi connectivity index (χ1n) is 9.37. The number of amides is 1. The van der Waals surface area contributed by atoms with E-state index < -0.39 is 0 Å². The number of aromatic nitrogens is 4. The highest BCUT2D eigenvalue weighted by Crippen LogP contribution is 2.27. The minimum Gasteiger partial charge on any atom is -0.348 e. The fourth-order valence-corrected chi connectivity index (χ4v) is 3.58. The summed E-state index contributed by atoms with van der Waals surface area (Å²) in [6.45, 7) is 6.94. The zero-order chi connectivity index (χ0) is 18.8. The van der Waals surface area contributed by atoms with Gasteiger partial charge in [0.2, 0.25) is 0 Å². The number of nitrogens with zero attached hydrogens (tertiary/aromatic N) is 5. The lowest BCUT2D eigenvalue weighted by molar-refractivity contribution is 0.0950. The summed E-state index contributed by atoms with van der Waals surface area (Å²) in [6, 6.07) is 7.98. The third-order valence-corrected chi connectivity index (χ3v) is 5.18. The van der Waals surface area contributed by atoms with E-state index in [-0.39, 0.29) is 5.91 Å². The average molecular weight is 364 g/mol. The van der Waals surface area contributed by atoms with E-state index >= 15 is 0 Å². The minimum atomic E-state index is -0.115. The molecule has 0 bridgehead atoms. The van der Waals surface area contributed by atoms with Crippen molar-refractivity contribution in [3.8, 4) is 0 Å². The van der Waals surface area contributed by atoms with Crippen LogP contribution in [0.4, 0.5) is 0 Å². The first-order valence-corrected chi connectivity index (χ1v) is 9.37. The molecule has 1 unspecified atom stereocenters. The maximum Gasteiger partial charge on any atom is 0.253 e. The highest BCUT2D eigenvalue weighted by atomic mass is 16.1. The third-order valence-electron chi connectivity index (χ3n) is 5.18. The molecule has 1 saturated heterocycles. The van der Waals surface area contributed by atoms with Crippen LogP contribution >= 0.6 is 0 Å². The van der Waals surface area contributed by atoms with E-state index in [4.69, 9.17) is 0 Å². The Bertz CT molecular complexity index is 936. The Morgan fingerprint density at radius 2 is 2.19 bits per heavy atom. The summed E-state index contributed by atoms with van der Waals surface area (Å²) >= 11 is 0. The summed E-state index contributed by atoms with van der Waals surface area (Å²) in [6.07, 6.45) is 6.38. The van der Waals surface area contributed by atoms with E-state index in [1.54, 1.807) is 18.5 Å². The van der Waals surface area contributed by atoms with Crippen molar-refractivity contribution in [2.45, 2.75) is 38.8 Å². The number of carbonyl (C=O) groups excluding carboxylic acids is 1. The van der Waals surface area contributed by atoms with Gasteiger partial charge in [0.15, 0.2) is 5.65 Å². The third kappa shape index (κ3) is 3.68. The molecule has 1 amide bonds. The molecule has 140 valence electrons. The SMILES string of the molecule is CC(C)N1CCC(c2nnc3ccc(C(=O)NCc4cccnc4)cn23)C1. The fraction of sp³-hybridized carbons (Fsp3) is 0.400. The molecule has 1 aliphatic heterocycles. The molecule has 0 saturated carbocycles. The lowest BCUT2D eigenvalue weighted by atomic mass is 10.1. The van der Waals surface area contributed by atoms with Crippen LogP contribution < -0.4 is 5.32 Å². The van der Waals surface area contributed by atoms with Crippen molar-refractivity contribution in [1.29, 1.82) is 0 Å². The van der Waals surface area contributed by atoms with E-state index in [1.165, 1.54) is 0 Å². The van der Waals surface area contributed by atoms with Gasteiger partial charge in [0.05, 0.1) is 5.56 Å². The second-order valence-corrected chi connectivity index (χ2v) is 7.32. The Balaban J connectivity index is 1.52. The molecule has 0 spiro atoms. The summed E-state index contributed by atoms with van der Waals surface area (Å²) in [5.74, 6) is 1.17. The van der Waals surface area contributed by atoms with E-state index in [0.717, 1.165) is 36.5 Å². The molecule has 0 aromatic carbocycles. The first kappa shape index (κ1) is 17.6. The molecule has 4 heterocycles. The maximum absolute atomic E-state index is 12.6. The van der Waals surface area contributed by atoms with Crippen LogP contribution in [0.2, 0.25) is 0 Å². The van der Waals surface area contributed by atoms with Crippen LogP contribution in [-0.2, 0) is 6.54 Å². The Kier molecular flexibility index (Phi) is 4.85. The van der Waals surface area contributed by atoms with Crippen molar-refractivity contribution in [2.75, 3.05) is 13.1 Å². The van der Waals surface area contributed by atoms with Crippen LogP contribution in [0.15, 0.2) is 42.9 Å². The summed E-state index contributed by atoms with van der Waals surface area (Å²) in [5.41, 5.74) is 2.35. The van der Waals surface area contributed by atoms with Gasteiger partial charge in [-0.05, 0) is 50.6 Å². The molecule has 1 atom stereocenters. The van der Waals surface area contributed by atoms with Crippen LogP contribution in [0.5, 0.6) is 0 Å². The van der Waals surface area contributed by atoms with Crippen molar-refractivity contribution in [2.24, 2.45) is 0 Å². The predicted octanol–water partition coefficient (Wildman–Crippen LogP) is 2.25. The van der Waals surface area contributed by atoms with Crippen LogP contribution in [0, 0.1) is 0 Å². The Morgan fingerprint density at radius 1 is 1.30 bits per heavy atom. The lowest BCUT2D eigenvalue weighted by Crippen LogP contribution is -2.28. The number of rotatable bonds is 5. The summed E-state index contributed by atoms with van der Waals surface area (Å²) < 4.78 is 1.97. The molecule has 27 heavy (non-hydrogen) atoms. The monoisotopic (exact) mass is 364 g/mol. The number of hydrogen-bond donors (Lipinski definition) is 1. The molecule has 1 aliphatic rings. The minimum absolute atomic E-state index is 0.115. The van der Waals surface area contributed by atoms with Gasteiger partial charge >= 0.3 is 0 Å². The molecule has 3 aromatic heterocycles. The number of nitrogens with one attached hydrogen (secondary N) is 1. The van der Waals surface area contributed by atoms with E-state index in [2.05, 4.69) is 39.2 Å². The molecule has 0 aliphatic carbocycles. The predicted molar refractivity (Wildman–Crippen MR) is 102 cm³/mol. The molecule has 7 nitrogen and oxygen atoms in total. The Hall–Kier alpha value is -2.80. The highest BCUT2D eigenvalue weighted by molar-refractivity contribution is 5.94. The van der Waals surface area contributed by atoms with Gasteiger partial charge < -0.3 is 10.2 Å². The van der Waals surface area contributed by atoms with Gasteiger partial charge in [0, 0.05) is 43.6 Å². The molecule has 3 aromatic rings. The standard InChI is InChI=1S/C20H24N6O/c1-14(2)25-9-7-16(12-25)19-24-23-18-6-5-17(13-26(18)19)20(27)22-11-15-4-3-8-21-10-15/h3-6,8,10,13-14,16H,7,9,11-12H2,1-2H3,(H,22,27). The number of likely N-dealkylation sites (tertiary alicyclic amines) is 1. The average Bonchev–Trinajstić information content (AvgIpc) is 3.33. The van der Waals surface area contributed by atoms with Gasteiger partial charge in [0.1, 0.15) is 5.82 Å². The maximum atomic E-state index is 12.6. The number of hydrogen-bond acceptors (Lipinski definition) is 5. The number of pyridine rings is 2. The normalized spacial score (nSPS) is 17.7. The topological polar surface area (TPSA) is 75.4 Å². The summed E-state index contributed by atoms with van der Waals surface area (Å²) in [7, 11) is 0. The molecule has 4 rings (SSSR count). The van der Waals surface area contributed by atoms with Crippen molar-refractivity contribution in [3.63, 3.8) is 0 Å². The second-order valence-electron chi connectivity index (χ2n) is 7.32. The van der Waals surface area contributed by atoms with Crippen LogP contribution in [0.1, 0.15) is 47.9 Å². The largest absolute Gasteiger partial charge is 0.348 e. The Labute approximate surface area is 158 Å². The van der Waals surface area contributed by atoms with Gasteiger partial charge in [-0.1, -0.05) is 6.07 Å². The Morgan fingerprint density at radius 3 is 2.93 bits per heavy atom. The molecule has 0 radical (unpaired) electrons.